The van der Waals surface area contributed by atoms with E-state index in [1.807, 2.05) is 12.4 Å². The molecule has 1 saturated heterocycles. The van der Waals surface area contributed by atoms with E-state index >= 15 is 0 Å². The molecule has 16 heavy (non-hydrogen) atoms. The average molecular weight is 220 g/mol. The highest BCUT2D eigenvalue weighted by atomic mass is 16.5. The van der Waals surface area contributed by atoms with Crippen molar-refractivity contribution in [2.24, 2.45) is 0 Å². The quantitative estimate of drug-likeness (QED) is 0.847. The van der Waals surface area contributed by atoms with Crippen LogP contribution in [0.1, 0.15) is 38.2 Å². The highest BCUT2D eigenvalue weighted by molar-refractivity contribution is 5.43. The van der Waals surface area contributed by atoms with E-state index in [-0.39, 0.29) is 0 Å². The summed E-state index contributed by atoms with van der Waals surface area (Å²) in [6, 6.07) is 2.17. The number of nitrogens with one attached hydrogen (secondary N) is 1. The Morgan fingerprint density at radius 2 is 2.38 bits per heavy atom. The molecule has 1 aliphatic rings. The summed E-state index contributed by atoms with van der Waals surface area (Å²) in [4.78, 5) is 4.25. The van der Waals surface area contributed by atoms with Gasteiger partial charge in [-0.3, -0.25) is 4.98 Å². The van der Waals surface area contributed by atoms with Crippen molar-refractivity contribution in [3.63, 3.8) is 0 Å². The first-order valence-electron chi connectivity index (χ1n) is 6.06. The summed E-state index contributed by atoms with van der Waals surface area (Å²) in [6.45, 7) is 6.17. The zero-order valence-corrected chi connectivity index (χ0v) is 10.1. The fraction of sp³-hybridized carbons (Fsp3) is 0.615. The smallest absolute Gasteiger partial charge is 0.0748 e. The predicted octanol–water partition coefficient (Wildman–Crippen LogP) is 2.80. The van der Waals surface area contributed by atoms with Gasteiger partial charge < -0.3 is 10.1 Å². The summed E-state index contributed by atoms with van der Waals surface area (Å²) < 4.78 is 5.57. The maximum Gasteiger partial charge on any atom is 0.0748 e. The Bertz CT molecular complexity index is 332. The molecule has 2 rings (SSSR count). The average Bonchev–Trinajstić information content (AvgIpc) is 2.79. The van der Waals surface area contributed by atoms with Gasteiger partial charge in [0, 0.05) is 25.5 Å². The van der Waals surface area contributed by atoms with Crippen LogP contribution >= 0.6 is 0 Å². The van der Waals surface area contributed by atoms with E-state index in [4.69, 9.17) is 4.74 Å². The van der Waals surface area contributed by atoms with Gasteiger partial charge in [0.1, 0.15) is 0 Å². The molecule has 3 heteroatoms. The molecule has 3 nitrogen and oxygen atoms in total. The van der Waals surface area contributed by atoms with Crippen molar-refractivity contribution in [2.75, 3.05) is 18.5 Å². The van der Waals surface area contributed by atoms with Crippen molar-refractivity contribution in [1.29, 1.82) is 0 Å². The Kier molecular flexibility index (Phi) is 3.78. The second-order valence-corrected chi connectivity index (χ2v) is 4.68. The summed E-state index contributed by atoms with van der Waals surface area (Å²) in [5.74, 6) is 0.525. The Hall–Kier alpha value is -1.09. The van der Waals surface area contributed by atoms with Crippen LogP contribution in [-0.2, 0) is 4.74 Å². The summed E-state index contributed by atoms with van der Waals surface area (Å²) in [6.07, 6.45) is 6.55. The molecule has 0 bridgehead atoms. The first-order valence-corrected chi connectivity index (χ1v) is 6.06. The van der Waals surface area contributed by atoms with E-state index in [1.54, 1.807) is 0 Å². The molecule has 1 aliphatic heterocycles. The van der Waals surface area contributed by atoms with E-state index in [2.05, 4.69) is 30.2 Å². The van der Waals surface area contributed by atoms with Crippen LogP contribution in [0.4, 0.5) is 5.69 Å². The summed E-state index contributed by atoms with van der Waals surface area (Å²) >= 11 is 0. The standard InChI is InChI=1S/C13H20N2O/c1-10(2)11-6-12(8-14-7-11)15-9-13-4-3-5-16-13/h6-8,10,13,15H,3-5,9H2,1-2H3. The van der Waals surface area contributed by atoms with Gasteiger partial charge in [0.2, 0.25) is 0 Å². The zero-order valence-electron chi connectivity index (χ0n) is 10.1. The molecule has 0 saturated carbocycles. The van der Waals surface area contributed by atoms with Gasteiger partial charge >= 0.3 is 0 Å². The molecule has 1 atom stereocenters. The predicted molar refractivity (Wildman–Crippen MR) is 65.8 cm³/mol. The van der Waals surface area contributed by atoms with Crippen LogP contribution in [0.5, 0.6) is 0 Å². The SMILES string of the molecule is CC(C)c1cncc(NCC2CCCO2)c1. The lowest BCUT2D eigenvalue weighted by Crippen LogP contribution is -2.18. The lowest BCUT2D eigenvalue weighted by molar-refractivity contribution is 0.120. The lowest BCUT2D eigenvalue weighted by atomic mass is 10.1. The summed E-state index contributed by atoms with van der Waals surface area (Å²) in [5.41, 5.74) is 2.37. The monoisotopic (exact) mass is 220 g/mol. The van der Waals surface area contributed by atoms with Crippen molar-refractivity contribution in [3.05, 3.63) is 24.0 Å². The first kappa shape index (κ1) is 11.4. The number of nitrogens with zero attached hydrogens (tertiary/aromatic N) is 1. The Labute approximate surface area is 97.2 Å². The number of rotatable bonds is 4. The molecule has 0 amide bonds. The number of hydrogen-bond acceptors (Lipinski definition) is 3. The molecule has 1 N–H and O–H groups in total. The van der Waals surface area contributed by atoms with Crippen LogP contribution in [0.15, 0.2) is 18.5 Å². The van der Waals surface area contributed by atoms with Crippen LogP contribution in [-0.4, -0.2) is 24.2 Å². The van der Waals surface area contributed by atoms with Crippen molar-refractivity contribution >= 4 is 5.69 Å². The molecule has 0 aromatic carbocycles. The fourth-order valence-electron chi connectivity index (χ4n) is 1.91. The Morgan fingerprint density at radius 1 is 1.50 bits per heavy atom. The normalized spacial score (nSPS) is 20.3. The molecule has 1 unspecified atom stereocenters. The third-order valence-corrected chi connectivity index (χ3v) is 2.98. The van der Waals surface area contributed by atoms with E-state index in [0.717, 1.165) is 18.8 Å². The van der Waals surface area contributed by atoms with Gasteiger partial charge in [-0.15, -0.1) is 0 Å². The van der Waals surface area contributed by atoms with Gasteiger partial charge in [0.25, 0.3) is 0 Å². The molecule has 2 heterocycles. The minimum absolute atomic E-state index is 0.378. The molecule has 1 aromatic rings. The Morgan fingerprint density at radius 3 is 3.06 bits per heavy atom. The molecule has 1 aromatic heterocycles. The van der Waals surface area contributed by atoms with Crippen molar-refractivity contribution < 1.29 is 4.74 Å². The molecule has 0 spiro atoms. The number of anilines is 1. The molecular weight excluding hydrogens is 200 g/mol. The van der Waals surface area contributed by atoms with Gasteiger partial charge in [0.15, 0.2) is 0 Å². The largest absolute Gasteiger partial charge is 0.381 e. The topological polar surface area (TPSA) is 34.2 Å². The maximum absolute atomic E-state index is 5.57. The number of pyridine rings is 1. The number of hydrogen-bond donors (Lipinski definition) is 1. The second kappa shape index (κ2) is 5.30. The molecule has 88 valence electrons. The molecule has 1 fully saturated rings. The first-order chi connectivity index (χ1) is 7.75. The molecule has 0 aliphatic carbocycles. The lowest BCUT2D eigenvalue weighted by Gasteiger charge is -2.13. The van der Waals surface area contributed by atoms with Crippen molar-refractivity contribution in [2.45, 2.75) is 38.7 Å². The van der Waals surface area contributed by atoms with Crippen LogP contribution in [0.3, 0.4) is 0 Å². The van der Waals surface area contributed by atoms with Crippen LogP contribution in [0.25, 0.3) is 0 Å². The van der Waals surface area contributed by atoms with E-state index in [9.17, 15) is 0 Å². The van der Waals surface area contributed by atoms with E-state index < -0.39 is 0 Å². The molecule has 0 radical (unpaired) electrons. The molecular formula is C13H20N2O. The second-order valence-electron chi connectivity index (χ2n) is 4.68. The summed E-state index contributed by atoms with van der Waals surface area (Å²) in [7, 11) is 0. The third kappa shape index (κ3) is 2.95. The third-order valence-electron chi connectivity index (χ3n) is 2.98. The van der Waals surface area contributed by atoms with Crippen LogP contribution < -0.4 is 5.32 Å². The van der Waals surface area contributed by atoms with Gasteiger partial charge in [0.05, 0.1) is 11.8 Å². The highest BCUT2D eigenvalue weighted by Gasteiger charge is 2.14. The van der Waals surface area contributed by atoms with Gasteiger partial charge in [-0.25, -0.2) is 0 Å². The summed E-state index contributed by atoms with van der Waals surface area (Å²) in [5, 5.41) is 3.39. The van der Waals surface area contributed by atoms with Crippen molar-refractivity contribution in [1.82, 2.24) is 4.98 Å². The van der Waals surface area contributed by atoms with Gasteiger partial charge in [-0.05, 0) is 30.4 Å². The van der Waals surface area contributed by atoms with Gasteiger partial charge in [-0.2, -0.15) is 0 Å². The number of aromatic nitrogens is 1. The number of ether oxygens (including phenoxy) is 1. The van der Waals surface area contributed by atoms with E-state index in [0.29, 0.717) is 12.0 Å². The highest BCUT2D eigenvalue weighted by Crippen LogP contribution is 2.18. The minimum Gasteiger partial charge on any atom is -0.381 e. The van der Waals surface area contributed by atoms with E-state index in [1.165, 1.54) is 18.4 Å². The van der Waals surface area contributed by atoms with Crippen LogP contribution in [0.2, 0.25) is 0 Å². The Balaban J connectivity index is 1.90. The zero-order chi connectivity index (χ0) is 11.4. The minimum atomic E-state index is 0.378. The van der Waals surface area contributed by atoms with Crippen molar-refractivity contribution in [3.8, 4) is 0 Å². The van der Waals surface area contributed by atoms with Gasteiger partial charge in [-0.1, -0.05) is 13.8 Å². The van der Waals surface area contributed by atoms with Crippen LogP contribution in [0, 0.1) is 0 Å². The maximum atomic E-state index is 5.57. The fourth-order valence-corrected chi connectivity index (χ4v) is 1.91.